The van der Waals surface area contributed by atoms with Crippen LogP contribution in [0.25, 0.3) is 33.7 Å². The molecule has 0 heterocycles. The second-order valence-electron chi connectivity index (χ2n) is 7.75. The lowest BCUT2D eigenvalue weighted by Crippen LogP contribution is -2.15. The van der Waals surface area contributed by atoms with Crippen LogP contribution in [0.3, 0.4) is 0 Å². The highest BCUT2D eigenvalue weighted by molar-refractivity contribution is 6.01. The summed E-state index contributed by atoms with van der Waals surface area (Å²) >= 11 is 0. The van der Waals surface area contributed by atoms with E-state index in [2.05, 4.69) is 84.9 Å². The summed E-state index contributed by atoms with van der Waals surface area (Å²) < 4.78 is 10.6. The third-order valence-corrected chi connectivity index (χ3v) is 5.87. The van der Waals surface area contributed by atoms with Crippen LogP contribution in [0, 0.1) is 0 Å². The second kappa shape index (κ2) is 8.60. The zero-order valence-corrected chi connectivity index (χ0v) is 18.2. The van der Waals surface area contributed by atoms with E-state index in [9.17, 15) is 0 Å². The smallest absolute Gasteiger partial charge is 0.118 e. The minimum Gasteiger partial charge on any atom is -0.497 e. The first-order chi connectivity index (χ1) is 15.8. The monoisotopic (exact) mass is 416 g/mol. The molecule has 32 heavy (non-hydrogen) atoms. The van der Waals surface area contributed by atoms with Crippen molar-refractivity contribution in [1.29, 1.82) is 0 Å². The molecule has 0 amide bonds. The van der Waals surface area contributed by atoms with Crippen molar-refractivity contribution in [3.05, 3.63) is 119 Å². The van der Waals surface area contributed by atoms with E-state index in [0.717, 1.165) is 22.6 Å². The molecule has 5 aromatic rings. The molecule has 0 radical (unpaired) electrons. The molecule has 0 atom stereocenters. The molecule has 0 saturated carbocycles. The van der Waals surface area contributed by atoms with Crippen molar-refractivity contribution >= 4 is 33.7 Å². The topological polar surface area (TPSA) is 18.5 Å². The molecule has 0 aliphatic rings. The van der Waals surface area contributed by atoms with Gasteiger partial charge in [-0.1, -0.05) is 72.8 Å². The fourth-order valence-corrected chi connectivity index (χ4v) is 4.24. The quantitative estimate of drug-likeness (QED) is 0.352. The average molecular weight is 417 g/mol. The number of fused-ring (bicyclic) bond motifs is 2. The summed E-state index contributed by atoms with van der Waals surface area (Å²) in [5.74, 6) is 1.72. The maximum Gasteiger partial charge on any atom is 0.118 e. The fraction of sp³-hybridized carbons (Fsp3) is 0.0667. The number of rotatable bonds is 4. The second-order valence-corrected chi connectivity index (χ2v) is 7.75. The van der Waals surface area contributed by atoms with Crippen molar-refractivity contribution in [3.8, 4) is 11.5 Å². The Balaban J connectivity index is 1.84. The van der Waals surface area contributed by atoms with Gasteiger partial charge in [0.25, 0.3) is 0 Å². The minimum atomic E-state index is 0.862. The Hall–Kier alpha value is -4.04. The van der Waals surface area contributed by atoms with E-state index in [1.54, 1.807) is 14.2 Å². The molecule has 0 saturated heterocycles. The molecule has 0 unspecified atom stereocenters. The van der Waals surface area contributed by atoms with Gasteiger partial charge in [-0.15, -0.1) is 0 Å². The van der Waals surface area contributed by atoms with E-state index in [-0.39, 0.29) is 0 Å². The van der Waals surface area contributed by atoms with Crippen LogP contribution in [0.4, 0.5) is 0 Å². The zero-order chi connectivity index (χ0) is 21.9. The van der Waals surface area contributed by atoms with Crippen LogP contribution in [0.2, 0.25) is 0 Å². The number of hydrogen-bond acceptors (Lipinski definition) is 2. The summed E-state index contributed by atoms with van der Waals surface area (Å²) in [6.45, 7) is 0. The first kappa shape index (κ1) is 19.9. The van der Waals surface area contributed by atoms with Crippen LogP contribution in [-0.4, -0.2) is 14.2 Å². The molecule has 0 aliphatic heterocycles. The Labute approximate surface area is 187 Å². The molecule has 0 aliphatic carbocycles. The predicted octanol–water partition coefficient (Wildman–Crippen LogP) is 5.67. The van der Waals surface area contributed by atoms with Crippen LogP contribution in [0.1, 0.15) is 11.1 Å². The summed E-state index contributed by atoms with van der Waals surface area (Å²) in [7, 11) is 3.38. The maximum absolute atomic E-state index is 5.32. The van der Waals surface area contributed by atoms with Crippen LogP contribution < -0.4 is 19.9 Å². The third kappa shape index (κ3) is 3.72. The van der Waals surface area contributed by atoms with Crippen LogP contribution in [0.15, 0.2) is 97.1 Å². The third-order valence-electron chi connectivity index (χ3n) is 5.87. The number of hydrogen-bond donors (Lipinski definition) is 0. The predicted molar refractivity (Wildman–Crippen MR) is 134 cm³/mol. The van der Waals surface area contributed by atoms with E-state index in [1.807, 2.05) is 24.3 Å². The van der Waals surface area contributed by atoms with E-state index in [0.29, 0.717) is 0 Å². The molecule has 5 rings (SSSR count). The highest BCUT2D eigenvalue weighted by Gasteiger charge is 2.06. The van der Waals surface area contributed by atoms with Gasteiger partial charge in [0.05, 0.1) is 14.2 Å². The summed E-state index contributed by atoms with van der Waals surface area (Å²) in [5.41, 5.74) is 2.29. The largest absolute Gasteiger partial charge is 0.497 e. The Bertz CT molecular complexity index is 1330. The van der Waals surface area contributed by atoms with Gasteiger partial charge in [-0.2, -0.15) is 0 Å². The van der Waals surface area contributed by atoms with E-state index < -0.39 is 0 Å². The molecule has 5 aromatic carbocycles. The fourth-order valence-electron chi connectivity index (χ4n) is 4.24. The van der Waals surface area contributed by atoms with Gasteiger partial charge < -0.3 is 9.47 Å². The van der Waals surface area contributed by atoms with Crippen molar-refractivity contribution in [3.63, 3.8) is 0 Å². The molecule has 0 N–H and O–H groups in total. The first-order valence-corrected chi connectivity index (χ1v) is 10.7. The van der Waals surface area contributed by atoms with Gasteiger partial charge in [0.1, 0.15) is 11.5 Å². The molecule has 0 fully saturated rings. The van der Waals surface area contributed by atoms with Crippen LogP contribution in [-0.2, 0) is 0 Å². The highest BCUT2D eigenvalue weighted by atomic mass is 16.5. The minimum absolute atomic E-state index is 0.862. The van der Waals surface area contributed by atoms with E-state index >= 15 is 0 Å². The van der Waals surface area contributed by atoms with Gasteiger partial charge in [-0.05, 0) is 79.5 Å². The SMILES string of the molecule is COc1ccc(C=c2c3ccccc3c(=Cc3ccc(OC)cc3)c3ccccc23)cc1. The molecule has 0 aromatic heterocycles. The van der Waals surface area contributed by atoms with Gasteiger partial charge in [0.15, 0.2) is 0 Å². The lowest BCUT2D eigenvalue weighted by molar-refractivity contribution is 0.414. The van der Waals surface area contributed by atoms with Gasteiger partial charge in [-0.25, -0.2) is 0 Å². The zero-order valence-electron chi connectivity index (χ0n) is 18.2. The van der Waals surface area contributed by atoms with Gasteiger partial charge in [0, 0.05) is 0 Å². The standard InChI is InChI=1S/C30H24O2/c1-31-23-15-11-21(12-16-23)19-29-25-7-3-5-9-27(25)30(28-10-6-4-8-26(28)29)20-22-13-17-24(32-2)18-14-22/h3-20H,1-2H3. The Morgan fingerprint density at radius 1 is 0.438 bits per heavy atom. The van der Waals surface area contributed by atoms with Crippen molar-refractivity contribution in [2.24, 2.45) is 0 Å². The van der Waals surface area contributed by atoms with Crippen molar-refractivity contribution in [2.75, 3.05) is 14.2 Å². The molecule has 2 nitrogen and oxygen atoms in total. The molecule has 2 heteroatoms. The Kier molecular flexibility index (Phi) is 5.35. The van der Waals surface area contributed by atoms with Crippen molar-refractivity contribution < 1.29 is 9.47 Å². The maximum atomic E-state index is 5.32. The normalized spacial score (nSPS) is 10.8. The number of methoxy groups -OCH3 is 2. The number of benzene rings is 5. The molecule has 0 spiro atoms. The summed E-state index contributed by atoms with van der Waals surface area (Å²) in [6.07, 6.45) is 4.53. The average Bonchev–Trinajstić information content (AvgIpc) is 2.86. The van der Waals surface area contributed by atoms with Crippen molar-refractivity contribution in [1.82, 2.24) is 0 Å². The lowest BCUT2D eigenvalue weighted by Gasteiger charge is -2.09. The number of ether oxygens (including phenoxy) is 2. The molecule has 0 bridgehead atoms. The Morgan fingerprint density at radius 2 is 0.750 bits per heavy atom. The highest BCUT2D eigenvalue weighted by Crippen LogP contribution is 2.18. The Morgan fingerprint density at radius 3 is 1.03 bits per heavy atom. The van der Waals surface area contributed by atoms with Crippen LogP contribution in [0.5, 0.6) is 11.5 Å². The first-order valence-electron chi connectivity index (χ1n) is 10.7. The van der Waals surface area contributed by atoms with Gasteiger partial charge in [0.2, 0.25) is 0 Å². The molecule has 156 valence electrons. The van der Waals surface area contributed by atoms with Gasteiger partial charge in [-0.3, -0.25) is 0 Å². The van der Waals surface area contributed by atoms with Crippen molar-refractivity contribution in [2.45, 2.75) is 0 Å². The van der Waals surface area contributed by atoms with Gasteiger partial charge >= 0.3 is 0 Å². The van der Waals surface area contributed by atoms with E-state index in [1.165, 1.54) is 32.0 Å². The van der Waals surface area contributed by atoms with Crippen LogP contribution >= 0.6 is 0 Å². The van der Waals surface area contributed by atoms with E-state index in [4.69, 9.17) is 9.47 Å². The lowest BCUT2D eigenvalue weighted by atomic mass is 9.95. The summed E-state index contributed by atoms with van der Waals surface area (Å²) in [5, 5.41) is 7.41. The summed E-state index contributed by atoms with van der Waals surface area (Å²) in [6, 6.07) is 33.7. The molecular formula is C30H24O2. The summed E-state index contributed by atoms with van der Waals surface area (Å²) in [4.78, 5) is 0. The molecular weight excluding hydrogens is 392 g/mol.